The number of nitrogens with zero attached hydrogens (tertiary/aromatic N) is 2. The van der Waals surface area contributed by atoms with Crippen molar-refractivity contribution in [2.75, 3.05) is 30.3 Å². The number of sulfonamides is 1. The number of hydrogen-bond acceptors (Lipinski definition) is 6. The number of ether oxygens (including phenoxy) is 2. The summed E-state index contributed by atoms with van der Waals surface area (Å²) in [6.07, 6.45) is 1.17. The summed E-state index contributed by atoms with van der Waals surface area (Å²) in [5, 5.41) is 2.30. The molecule has 1 aromatic heterocycles. The molecule has 268 valence electrons. The van der Waals surface area contributed by atoms with E-state index in [0.717, 1.165) is 38.9 Å². The van der Waals surface area contributed by atoms with Gasteiger partial charge in [0.15, 0.2) is 5.78 Å². The highest BCUT2D eigenvalue weighted by Gasteiger charge is 2.24. The minimum atomic E-state index is -3.78. The molecular weight excluding hydrogens is 683 g/mol. The third-order valence-electron chi connectivity index (χ3n) is 9.13. The van der Waals surface area contributed by atoms with Crippen molar-refractivity contribution in [1.29, 1.82) is 0 Å². The summed E-state index contributed by atoms with van der Waals surface area (Å²) < 4.78 is 40.4. The van der Waals surface area contributed by atoms with Gasteiger partial charge in [-0.15, -0.1) is 0 Å². The monoisotopic (exact) mass is 723 g/mol. The van der Waals surface area contributed by atoms with Crippen molar-refractivity contribution >= 4 is 43.3 Å². The molecule has 0 fully saturated rings. The average Bonchev–Trinajstić information content (AvgIpc) is 3.55. The summed E-state index contributed by atoms with van der Waals surface area (Å²) in [5.74, 6) is 0.961. The number of para-hydroxylation sites is 1. The van der Waals surface area contributed by atoms with Gasteiger partial charge in [-0.05, 0) is 53.1 Å². The van der Waals surface area contributed by atoms with Crippen LogP contribution in [0.25, 0.3) is 21.8 Å². The van der Waals surface area contributed by atoms with E-state index in [2.05, 4.69) is 28.1 Å². The van der Waals surface area contributed by atoms with Crippen molar-refractivity contribution in [1.82, 2.24) is 9.88 Å². The molecule has 53 heavy (non-hydrogen) atoms. The highest BCUT2D eigenvalue weighted by atomic mass is 32.2. The molecule has 9 heteroatoms. The fourth-order valence-electron chi connectivity index (χ4n) is 6.44. The van der Waals surface area contributed by atoms with Gasteiger partial charge in [-0.2, -0.15) is 0 Å². The molecule has 0 unspecified atom stereocenters. The molecule has 0 radical (unpaired) electrons. The Labute approximate surface area is 310 Å². The largest absolute Gasteiger partial charge is 0.492 e. The average molecular weight is 724 g/mol. The van der Waals surface area contributed by atoms with Gasteiger partial charge in [0.05, 0.1) is 30.5 Å². The van der Waals surface area contributed by atoms with E-state index in [-0.39, 0.29) is 25.5 Å². The minimum absolute atomic E-state index is 0.0841. The highest BCUT2D eigenvalue weighted by molar-refractivity contribution is 7.92. The maximum absolute atomic E-state index is 14.1. The van der Waals surface area contributed by atoms with E-state index < -0.39 is 10.0 Å². The van der Waals surface area contributed by atoms with Crippen LogP contribution < -0.4 is 13.8 Å². The Bertz CT molecular complexity index is 2420. The van der Waals surface area contributed by atoms with Crippen LogP contribution in [0.3, 0.4) is 0 Å². The number of H-pyrrole nitrogens is 1. The topological polar surface area (TPSA) is 91.9 Å². The second kappa shape index (κ2) is 16.2. The van der Waals surface area contributed by atoms with Crippen molar-refractivity contribution in [2.45, 2.75) is 19.7 Å². The fourth-order valence-corrected chi connectivity index (χ4v) is 7.32. The molecule has 8 nitrogen and oxygen atoms in total. The number of fused-ring (bicyclic) bond motifs is 3. The van der Waals surface area contributed by atoms with Crippen LogP contribution in [0.5, 0.6) is 11.5 Å². The van der Waals surface area contributed by atoms with Crippen LogP contribution in [0.1, 0.15) is 27.0 Å². The fraction of sp³-hybridized carbons (Fsp3) is 0.159. The molecule has 6 aromatic carbocycles. The molecule has 0 aliphatic rings. The lowest BCUT2D eigenvalue weighted by molar-refractivity contribution is 0.0912. The van der Waals surface area contributed by atoms with Crippen LogP contribution in [0.15, 0.2) is 152 Å². The summed E-state index contributed by atoms with van der Waals surface area (Å²) in [4.78, 5) is 19.6. The molecule has 7 aromatic rings. The standard InChI is InChI=1S/C44H41N3O5S/c1-53(49,50)47(30-34-15-7-3-8-16-34)42-27-36(21-24-44(42)52-32-35-17-9-4-10-18-35)43(48)31-46(29-33-13-5-2-6-14-33)25-26-51-37-22-23-39-38-19-11-12-20-40(38)45-41(39)28-37/h2-24,27-28,45H,25-26,29-32H2,1H3. The first-order valence-corrected chi connectivity index (χ1v) is 19.4. The van der Waals surface area contributed by atoms with E-state index in [4.69, 9.17) is 9.47 Å². The lowest BCUT2D eigenvalue weighted by Crippen LogP contribution is -2.33. The number of nitrogens with one attached hydrogen (secondary N) is 1. The maximum Gasteiger partial charge on any atom is 0.232 e. The summed E-state index contributed by atoms with van der Waals surface area (Å²) >= 11 is 0. The smallest absolute Gasteiger partial charge is 0.232 e. The van der Waals surface area contributed by atoms with E-state index in [9.17, 15) is 13.2 Å². The minimum Gasteiger partial charge on any atom is -0.492 e. The zero-order chi connectivity index (χ0) is 36.6. The van der Waals surface area contributed by atoms with Crippen LogP contribution >= 0.6 is 0 Å². The Kier molecular flexibility index (Phi) is 10.8. The van der Waals surface area contributed by atoms with Gasteiger partial charge in [0.25, 0.3) is 0 Å². The number of hydrogen-bond donors (Lipinski definition) is 1. The molecule has 0 saturated heterocycles. The number of aromatic amines is 1. The third-order valence-corrected chi connectivity index (χ3v) is 10.3. The van der Waals surface area contributed by atoms with Crippen LogP contribution in [-0.4, -0.2) is 50.0 Å². The van der Waals surface area contributed by atoms with E-state index in [1.165, 1.54) is 15.9 Å². The van der Waals surface area contributed by atoms with Crippen molar-refractivity contribution in [3.63, 3.8) is 0 Å². The van der Waals surface area contributed by atoms with Gasteiger partial charge in [0.1, 0.15) is 24.7 Å². The Hall–Kier alpha value is -5.90. The van der Waals surface area contributed by atoms with E-state index >= 15 is 0 Å². The van der Waals surface area contributed by atoms with Crippen LogP contribution in [0.2, 0.25) is 0 Å². The number of aromatic nitrogens is 1. The SMILES string of the molecule is CS(=O)(=O)N(Cc1ccccc1)c1cc(C(=O)CN(CCOc2ccc3c(c2)[nH]c2ccccc23)Cc2ccccc2)ccc1OCc1ccccc1. The van der Waals surface area contributed by atoms with Gasteiger partial charge in [0.2, 0.25) is 10.0 Å². The second-order valence-corrected chi connectivity index (χ2v) is 15.0. The predicted octanol–water partition coefficient (Wildman–Crippen LogP) is 8.63. The number of ketones is 1. The van der Waals surface area contributed by atoms with Crippen molar-refractivity contribution in [3.8, 4) is 11.5 Å². The van der Waals surface area contributed by atoms with Crippen molar-refractivity contribution in [3.05, 3.63) is 174 Å². The molecule has 0 aliphatic heterocycles. The van der Waals surface area contributed by atoms with Crippen LogP contribution in [0, 0.1) is 0 Å². The van der Waals surface area contributed by atoms with Crippen molar-refractivity contribution in [2.24, 2.45) is 0 Å². The first-order valence-electron chi connectivity index (χ1n) is 17.6. The number of rotatable bonds is 16. The molecule has 0 saturated carbocycles. The molecule has 1 N–H and O–H groups in total. The van der Waals surface area contributed by atoms with Gasteiger partial charge >= 0.3 is 0 Å². The molecular formula is C44H41N3O5S. The normalized spacial score (nSPS) is 11.6. The van der Waals surface area contributed by atoms with Gasteiger partial charge in [-0.1, -0.05) is 109 Å². The summed E-state index contributed by atoms with van der Waals surface area (Å²) in [6.45, 7) is 1.80. The Morgan fingerprint density at radius 3 is 1.96 bits per heavy atom. The number of anilines is 1. The lowest BCUT2D eigenvalue weighted by Gasteiger charge is -2.26. The summed E-state index contributed by atoms with van der Waals surface area (Å²) in [6, 6.07) is 48.3. The van der Waals surface area contributed by atoms with Gasteiger partial charge < -0.3 is 14.5 Å². The first-order chi connectivity index (χ1) is 25.8. The quantitative estimate of drug-likeness (QED) is 0.100. The number of carbonyl (C=O) groups excluding carboxylic acids is 1. The maximum atomic E-state index is 14.1. The molecule has 0 spiro atoms. The number of benzene rings is 6. The number of Topliss-reactive ketones (excluding diaryl/α,β-unsaturated/α-hetero) is 1. The van der Waals surface area contributed by atoms with Gasteiger partial charge in [0, 0.05) is 41.0 Å². The van der Waals surface area contributed by atoms with Gasteiger partial charge in [-0.25, -0.2) is 8.42 Å². The summed E-state index contributed by atoms with van der Waals surface area (Å²) in [7, 11) is -3.78. The Morgan fingerprint density at radius 2 is 1.26 bits per heavy atom. The van der Waals surface area contributed by atoms with E-state index in [0.29, 0.717) is 36.7 Å². The second-order valence-electron chi connectivity index (χ2n) is 13.1. The first kappa shape index (κ1) is 35.5. The highest BCUT2D eigenvalue weighted by Crippen LogP contribution is 2.34. The molecule has 0 bridgehead atoms. The van der Waals surface area contributed by atoms with E-state index in [1.54, 1.807) is 18.2 Å². The van der Waals surface area contributed by atoms with Crippen LogP contribution in [-0.2, 0) is 29.7 Å². The molecule has 7 rings (SSSR count). The molecule has 0 amide bonds. The number of carbonyl (C=O) groups is 1. The third kappa shape index (κ3) is 8.95. The predicted molar refractivity (Wildman–Crippen MR) is 212 cm³/mol. The van der Waals surface area contributed by atoms with Gasteiger partial charge in [-0.3, -0.25) is 14.0 Å². The summed E-state index contributed by atoms with van der Waals surface area (Å²) in [5.41, 5.74) is 5.58. The molecule has 0 aliphatic carbocycles. The zero-order valence-corrected chi connectivity index (χ0v) is 30.3. The lowest BCUT2D eigenvalue weighted by atomic mass is 10.1. The molecule has 0 atom stereocenters. The van der Waals surface area contributed by atoms with E-state index in [1.807, 2.05) is 115 Å². The molecule has 1 heterocycles. The van der Waals surface area contributed by atoms with Crippen LogP contribution in [0.4, 0.5) is 5.69 Å². The Morgan fingerprint density at radius 1 is 0.642 bits per heavy atom. The Balaban J connectivity index is 1.13. The zero-order valence-electron chi connectivity index (χ0n) is 29.5. The van der Waals surface area contributed by atoms with Crippen molar-refractivity contribution < 1.29 is 22.7 Å².